The molecule has 1 aliphatic heterocycles. The zero-order chi connectivity index (χ0) is 20.8. The number of alkyl halides is 1. The van der Waals surface area contributed by atoms with Gasteiger partial charge in [-0.25, -0.2) is 18.7 Å². The van der Waals surface area contributed by atoms with E-state index in [-0.39, 0.29) is 37.1 Å². The Hall–Kier alpha value is -3.34. The van der Waals surface area contributed by atoms with Crippen LogP contribution in [0.3, 0.4) is 0 Å². The van der Waals surface area contributed by atoms with Crippen LogP contribution in [-0.2, 0) is 4.79 Å². The van der Waals surface area contributed by atoms with Gasteiger partial charge in [-0.2, -0.15) is 5.26 Å². The van der Waals surface area contributed by atoms with Gasteiger partial charge in [0.25, 0.3) is 0 Å². The summed E-state index contributed by atoms with van der Waals surface area (Å²) < 4.78 is 33.0. The number of halogens is 2. The minimum absolute atomic E-state index is 0.0314. The Labute approximate surface area is 167 Å². The van der Waals surface area contributed by atoms with Crippen molar-refractivity contribution in [2.75, 3.05) is 13.2 Å². The predicted molar refractivity (Wildman–Crippen MR) is 101 cm³/mol. The van der Waals surface area contributed by atoms with E-state index >= 15 is 0 Å². The molecule has 0 spiro atoms. The molecule has 2 aromatic rings. The maximum atomic E-state index is 14.0. The van der Waals surface area contributed by atoms with Crippen LogP contribution in [0.2, 0.25) is 0 Å². The van der Waals surface area contributed by atoms with Crippen molar-refractivity contribution in [3.8, 4) is 11.9 Å². The molecular formula is C21H20F2N4O2. The van der Waals surface area contributed by atoms with Crippen molar-refractivity contribution in [2.45, 2.75) is 31.5 Å². The van der Waals surface area contributed by atoms with Crippen molar-refractivity contribution in [1.29, 1.82) is 5.26 Å². The first kappa shape index (κ1) is 20.4. The number of nitrogens with zero attached hydrogens (tertiary/aromatic N) is 4. The Morgan fingerprint density at radius 2 is 2.21 bits per heavy atom. The molecule has 29 heavy (non-hydrogen) atoms. The van der Waals surface area contributed by atoms with Crippen molar-refractivity contribution in [3.05, 3.63) is 65.9 Å². The normalized spacial score (nSPS) is 18.3. The predicted octanol–water partition coefficient (Wildman–Crippen LogP) is 3.51. The van der Waals surface area contributed by atoms with Gasteiger partial charge in [0.2, 0.25) is 11.8 Å². The summed E-state index contributed by atoms with van der Waals surface area (Å²) in [6, 6.07) is 7.26. The number of carbonyl (C=O) groups is 1. The third-order valence-corrected chi connectivity index (χ3v) is 4.66. The standard InChI is InChI=1S/C21H20F2N4O2/c1-14(4-3-7-29-20-12-25-18(10-24)11-26-20)21(28)27-13-17(23)9-19(27)15-5-2-6-16(22)8-15/h2,5-6,8,11-12,17,19H,1,3-4,7,9,13H2. The lowest BCUT2D eigenvalue weighted by atomic mass is 10.0. The molecule has 1 amide bonds. The smallest absolute Gasteiger partial charge is 0.249 e. The second-order valence-corrected chi connectivity index (χ2v) is 6.77. The molecule has 2 unspecified atom stereocenters. The SMILES string of the molecule is C=C(CCCOc1cnc(C#N)cn1)C(=O)N1CC(F)CC1c1cccc(F)c1. The number of rotatable bonds is 7. The van der Waals surface area contributed by atoms with Crippen molar-refractivity contribution in [1.82, 2.24) is 14.9 Å². The van der Waals surface area contributed by atoms with Gasteiger partial charge in [0.05, 0.1) is 31.6 Å². The Morgan fingerprint density at radius 1 is 1.38 bits per heavy atom. The van der Waals surface area contributed by atoms with E-state index in [1.165, 1.54) is 29.4 Å². The quantitative estimate of drug-likeness (QED) is 0.527. The van der Waals surface area contributed by atoms with Gasteiger partial charge in [-0.1, -0.05) is 18.7 Å². The lowest BCUT2D eigenvalue weighted by Crippen LogP contribution is -2.32. The van der Waals surface area contributed by atoms with Crippen LogP contribution in [-0.4, -0.2) is 40.1 Å². The fraction of sp³-hybridized carbons (Fsp3) is 0.333. The largest absolute Gasteiger partial charge is 0.477 e. The van der Waals surface area contributed by atoms with Gasteiger partial charge in [-0.15, -0.1) is 0 Å². The second-order valence-electron chi connectivity index (χ2n) is 6.77. The van der Waals surface area contributed by atoms with E-state index in [1.807, 2.05) is 6.07 Å². The Morgan fingerprint density at radius 3 is 2.90 bits per heavy atom. The molecule has 1 aromatic carbocycles. The second kappa shape index (κ2) is 9.24. The molecule has 0 radical (unpaired) electrons. The molecule has 3 rings (SSSR count). The Kier molecular flexibility index (Phi) is 6.50. The van der Waals surface area contributed by atoms with Crippen LogP contribution in [0.15, 0.2) is 48.8 Å². The van der Waals surface area contributed by atoms with Gasteiger partial charge in [-0.05, 0) is 30.5 Å². The summed E-state index contributed by atoms with van der Waals surface area (Å²) >= 11 is 0. The van der Waals surface area contributed by atoms with Crippen LogP contribution in [0.4, 0.5) is 8.78 Å². The molecule has 1 aromatic heterocycles. The topological polar surface area (TPSA) is 79.1 Å². The third-order valence-electron chi connectivity index (χ3n) is 4.66. The lowest BCUT2D eigenvalue weighted by Gasteiger charge is -2.25. The van der Waals surface area contributed by atoms with Crippen molar-refractivity contribution in [2.24, 2.45) is 0 Å². The molecule has 1 saturated heterocycles. The molecular weight excluding hydrogens is 378 g/mol. The van der Waals surface area contributed by atoms with Crippen LogP contribution in [0.25, 0.3) is 0 Å². The van der Waals surface area contributed by atoms with Gasteiger partial charge in [-0.3, -0.25) is 4.79 Å². The Bertz CT molecular complexity index is 927. The van der Waals surface area contributed by atoms with Gasteiger partial charge in [0.1, 0.15) is 18.1 Å². The molecule has 1 fully saturated rings. The molecule has 6 nitrogen and oxygen atoms in total. The van der Waals surface area contributed by atoms with E-state index in [9.17, 15) is 13.6 Å². The average Bonchev–Trinajstić information content (AvgIpc) is 3.12. The van der Waals surface area contributed by atoms with E-state index in [0.29, 0.717) is 24.0 Å². The molecule has 0 saturated carbocycles. The van der Waals surface area contributed by atoms with Crippen molar-refractivity contribution < 1.29 is 18.3 Å². The van der Waals surface area contributed by atoms with E-state index in [0.717, 1.165) is 0 Å². The van der Waals surface area contributed by atoms with Crippen LogP contribution in [0.1, 0.15) is 36.6 Å². The molecule has 1 aliphatic rings. The van der Waals surface area contributed by atoms with Crippen molar-refractivity contribution >= 4 is 5.91 Å². The maximum absolute atomic E-state index is 14.0. The zero-order valence-electron chi connectivity index (χ0n) is 15.7. The number of hydrogen-bond acceptors (Lipinski definition) is 5. The molecule has 8 heteroatoms. The molecule has 2 heterocycles. The number of nitriles is 1. The number of ether oxygens (including phenoxy) is 1. The van der Waals surface area contributed by atoms with E-state index < -0.39 is 18.0 Å². The number of likely N-dealkylation sites (tertiary alicyclic amines) is 1. The highest BCUT2D eigenvalue weighted by atomic mass is 19.1. The third kappa shape index (κ3) is 5.13. The fourth-order valence-electron chi connectivity index (χ4n) is 3.26. The summed E-state index contributed by atoms with van der Waals surface area (Å²) in [5.74, 6) is -0.469. The number of aromatic nitrogens is 2. The van der Waals surface area contributed by atoms with Crippen LogP contribution in [0.5, 0.6) is 5.88 Å². The van der Waals surface area contributed by atoms with Crippen LogP contribution < -0.4 is 4.74 Å². The molecule has 2 atom stereocenters. The number of hydrogen-bond donors (Lipinski definition) is 0. The Balaban J connectivity index is 1.53. The zero-order valence-corrected chi connectivity index (χ0v) is 15.7. The average molecular weight is 398 g/mol. The minimum Gasteiger partial charge on any atom is -0.477 e. The summed E-state index contributed by atoms with van der Waals surface area (Å²) in [5.41, 5.74) is 1.12. The van der Waals surface area contributed by atoms with Crippen molar-refractivity contribution in [3.63, 3.8) is 0 Å². The first-order chi connectivity index (χ1) is 14.0. The van der Waals surface area contributed by atoms with Crippen LogP contribution >= 0.6 is 0 Å². The maximum Gasteiger partial charge on any atom is 0.249 e. The summed E-state index contributed by atoms with van der Waals surface area (Å²) in [6.45, 7) is 4.08. The summed E-state index contributed by atoms with van der Waals surface area (Å²) in [6.07, 6.45) is 2.52. The van der Waals surface area contributed by atoms with Gasteiger partial charge in [0.15, 0.2) is 5.69 Å². The number of benzene rings is 1. The monoisotopic (exact) mass is 398 g/mol. The summed E-state index contributed by atoms with van der Waals surface area (Å²) in [7, 11) is 0. The first-order valence-electron chi connectivity index (χ1n) is 9.21. The molecule has 0 N–H and O–H groups in total. The van der Waals surface area contributed by atoms with E-state index in [4.69, 9.17) is 10.00 Å². The highest BCUT2D eigenvalue weighted by Gasteiger charge is 2.37. The summed E-state index contributed by atoms with van der Waals surface area (Å²) in [5, 5.41) is 8.69. The molecule has 0 bridgehead atoms. The highest BCUT2D eigenvalue weighted by Crippen LogP contribution is 2.35. The summed E-state index contributed by atoms with van der Waals surface area (Å²) in [4.78, 5) is 22.0. The lowest BCUT2D eigenvalue weighted by molar-refractivity contribution is -0.128. The van der Waals surface area contributed by atoms with E-state index in [2.05, 4.69) is 16.5 Å². The highest BCUT2D eigenvalue weighted by molar-refractivity contribution is 5.93. The first-order valence-corrected chi connectivity index (χ1v) is 9.21. The van der Waals surface area contributed by atoms with Gasteiger partial charge < -0.3 is 9.64 Å². The van der Waals surface area contributed by atoms with E-state index in [1.54, 1.807) is 12.1 Å². The molecule has 150 valence electrons. The van der Waals surface area contributed by atoms with Gasteiger partial charge >= 0.3 is 0 Å². The van der Waals surface area contributed by atoms with Gasteiger partial charge in [0, 0.05) is 12.0 Å². The number of amides is 1. The van der Waals surface area contributed by atoms with Crippen LogP contribution in [0, 0.1) is 17.1 Å². The number of carbonyl (C=O) groups excluding carboxylic acids is 1. The minimum atomic E-state index is -1.15. The molecule has 0 aliphatic carbocycles. The fourth-order valence-corrected chi connectivity index (χ4v) is 3.26.